The molecule has 3 N–H and O–H groups in total. The fraction of sp³-hybridized carbons (Fsp3) is 0.619. The van der Waals surface area contributed by atoms with Gasteiger partial charge < -0.3 is 20.9 Å². The van der Waals surface area contributed by atoms with E-state index in [-0.39, 0.29) is 48.0 Å². The highest BCUT2D eigenvalue weighted by atomic mass is 35.5. The zero-order valence-electron chi connectivity index (χ0n) is 16.7. The van der Waals surface area contributed by atoms with Crippen LogP contribution in [0.2, 0.25) is 0 Å². The van der Waals surface area contributed by atoms with Gasteiger partial charge in [0.25, 0.3) is 5.91 Å². The highest BCUT2D eigenvalue weighted by molar-refractivity contribution is 5.97. The fourth-order valence-corrected chi connectivity index (χ4v) is 4.57. The number of nitrogens with zero attached hydrogens (tertiary/aromatic N) is 1. The Morgan fingerprint density at radius 2 is 1.72 bits per heavy atom. The van der Waals surface area contributed by atoms with E-state index in [1.165, 1.54) is 12.8 Å². The largest absolute Gasteiger partial charge is 0.351 e. The van der Waals surface area contributed by atoms with E-state index in [2.05, 4.69) is 20.9 Å². The fourth-order valence-electron chi connectivity index (χ4n) is 4.57. The van der Waals surface area contributed by atoms with Gasteiger partial charge in [-0.25, -0.2) is 0 Å². The van der Waals surface area contributed by atoms with E-state index in [0.29, 0.717) is 12.1 Å². The molecule has 2 saturated heterocycles. The highest BCUT2D eigenvalue weighted by Gasteiger charge is 2.57. The summed E-state index contributed by atoms with van der Waals surface area (Å²) in [5, 5.41) is 9.37. The molecule has 0 radical (unpaired) electrons. The van der Waals surface area contributed by atoms with Gasteiger partial charge in [0.1, 0.15) is 0 Å². The Balaban J connectivity index is 0.00000150. The Morgan fingerprint density at radius 3 is 2.38 bits per heavy atom. The van der Waals surface area contributed by atoms with Crippen LogP contribution in [0.4, 0.5) is 5.69 Å². The first-order valence-electron chi connectivity index (χ1n) is 10.3. The third-order valence-corrected chi connectivity index (χ3v) is 6.43. The molecular formula is C21H32Cl2N4O2. The molecule has 1 atom stereocenters. The summed E-state index contributed by atoms with van der Waals surface area (Å²) in [4.78, 5) is 27.1. The summed E-state index contributed by atoms with van der Waals surface area (Å²) in [5.41, 5.74) is 1.64. The Morgan fingerprint density at radius 1 is 1.07 bits per heavy atom. The highest BCUT2D eigenvalue weighted by Crippen LogP contribution is 2.58. The molecule has 1 spiro atoms. The molecular weight excluding hydrogens is 411 g/mol. The number of carbonyl (C=O) groups excluding carboxylic acids is 2. The molecule has 2 amide bonds. The summed E-state index contributed by atoms with van der Waals surface area (Å²) in [6.07, 6.45) is 5.74. The second kappa shape index (κ2) is 10.6. The smallest absolute Gasteiger partial charge is 0.251 e. The van der Waals surface area contributed by atoms with E-state index in [9.17, 15) is 9.59 Å². The van der Waals surface area contributed by atoms with Crippen LogP contribution in [0.3, 0.4) is 0 Å². The number of rotatable bonds is 6. The van der Waals surface area contributed by atoms with Gasteiger partial charge in [-0.1, -0.05) is 0 Å². The maximum atomic E-state index is 12.5. The molecule has 6 nitrogen and oxygen atoms in total. The number of anilines is 1. The number of halogens is 2. The van der Waals surface area contributed by atoms with Gasteiger partial charge in [-0.15, -0.1) is 24.8 Å². The molecule has 2 heterocycles. The molecule has 1 aliphatic carbocycles. The van der Waals surface area contributed by atoms with Crippen LogP contribution >= 0.6 is 24.8 Å². The van der Waals surface area contributed by atoms with Crippen LogP contribution in [0.1, 0.15) is 42.5 Å². The van der Waals surface area contributed by atoms with Crippen molar-refractivity contribution in [2.24, 2.45) is 11.3 Å². The van der Waals surface area contributed by atoms with E-state index in [1.807, 2.05) is 12.1 Å². The predicted octanol–water partition coefficient (Wildman–Crippen LogP) is 2.68. The topological polar surface area (TPSA) is 73.5 Å². The van der Waals surface area contributed by atoms with E-state index in [1.54, 1.807) is 12.1 Å². The molecule has 1 unspecified atom stereocenters. The summed E-state index contributed by atoms with van der Waals surface area (Å²) >= 11 is 0. The maximum Gasteiger partial charge on any atom is 0.251 e. The van der Waals surface area contributed by atoms with Crippen LogP contribution in [0.25, 0.3) is 0 Å². The van der Waals surface area contributed by atoms with Crippen molar-refractivity contribution < 1.29 is 9.59 Å². The number of nitrogens with one attached hydrogen (secondary N) is 3. The zero-order chi connectivity index (χ0) is 18.7. The molecule has 3 aliphatic rings. The molecule has 29 heavy (non-hydrogen) atoms. The van der Waals surface area contributed by atoms with Crippen LogP contribution in [0, 0.1) is 11.3 Å². The summed E-state index contributed by atoms with van der Waals surface area (Å²) < 4.78 is 0. The SMILES string of the molecule is Cl.Cl.O=C(NCCN1CCCC1)c1ccc(NC(=O)C2CC23CCNCC3)cc1. The molecule has 2 aliphatic heterocycles. The van der Waals surface area contributed by atoms with Crippen molar-refractivity contribution in [2.75, 3.05) is 44.6 Å². The van der Waals surface area contributed by atoms with Gasteiger partial charge in [-0.05, 0) is 88.0 Å². The Kier molecular flexibility index (Phi) is 8.76. The summed E-state index contributed by atoms with van der Waals surface area (Å²) in [6.45, 7) is 5.91. The Labute approximate surface area is 185 Å². The van der Waals surface area contributed by atoms with Gasteiger partial charge in [0.15, 0.2) is 0 Å². The second-order valence-corrected chi connectivity index (χ2v) is 8.24. The van der Waals surface area contributed by atoms with Crippen molar-refractivity contribution in [1.29, 1.82) is 0 Å². The van der Waals surface area contributed by atoms with E-state index in [4.69, 9.17) is 0 Å². The van der Waals surface area contributed by atoms with Gasteiger partial charge in [0.2, 0.25) is 5.91 Å². The first-order chi connectivity index (χ1) is 13.2. The number of carbonyl (C=O) groups is 2. The van der Waals surface area contributed by atoms with Crippen LogP contribution in [-0.4, -0.2) is 56.0 Å². The molecule has 1 aromatic rings. The molecule has 4 rings (SSSR count). The minimum Gasteiger partial charge on any atom is -0.351 e. The van der Waals surface area contributed by atoms with Crippen molar-refractivity contribution in [2.45, 2.75) is 32.1 Å². The number of amides is 2. The van der Waals surface area contributed by atoms with Gasteiger partial charge >= 0.3 is 0 Å². The number of benzene rings is 1. The number of likely N-dealkylation sites (tertiary alicyclic amines) is 1. The van der Waals surface area contributed by atoms with Crippen LogP contribution < -0.4 is 16.0 Å². The summed E-state index contributed by atoms with van der Waals surface area (Å²) in [7, 11) is 0. The lowest BCUT2D eigenvalue weighted by Crippen LogP contribution is -2.33. The number of hydrogen-bond acceptors (Lipinski definition) is 4. The molecule has 0 bridgehead atoms. The van der Waals surface area contributed by atoms with Crippen molar-refractivity contribution in [3.05, 3.63) is 29.8 Å². The molecule has 162 valence electrons. The number of piperidine rings is 1. The van der Waals surface area contributed by atoms with Crippen LogP contribution in [-0.2, 0) is 4.79 Å². The monoisotopic (exact) mass is 442 g/mol. The minimum absolute atomic E-state index is 0. The summed E-state index contributed by atoms with van der Waals surface area (Å²) in [5.74, 6) is 0.218. The third-order valence-electron chi connectivity index (χ3n) is 6.43. The van der Waals surface area contributed by atoms with Gasteiger partial charge in [-0.2, -0.15) is 0 Å². The average molecular weight is 443 g/mol. The third kappa shape index (κ3) is 5.85. The second-order valence-electron chi connectivity index (χ2n) is 8.24. The van der Waals surface area contributed by atoms with E-state index < -0.39 is 0 Å². The first kappa shape index (κ1) is 23.9. The number of hydrogen-bond donors (Lipinski definition) is 3. The molecule has 1 saturated carbocycles. The zero-order valence-corrected chi connectivity index (χ0v) is 18.4. The van der Waals surface area contributed by atoms with E-state index >= 15 is 0 Å². The van der Waals surface area contributed by atoms with Gasteiger partial charge in [0.05, 0.1) is 0 Å². The maximum absolute atomic E-state index is 12.5. The lowest BCUT2D eigenvalue weighted by molar-refractivity contribution is -0.118. The standard InChI is InChI=1S/C21H30N4O2.2ClH/c26-19(23-11-14-25-12-1-2-13-25)16-3-5-17(6-4-16)24-20(27)18-15-21(18)7-9-22-10-8-21;;/h3-6,18,22H,1-2,7-15H2,(H,23,26)(H,24,27);2*1H. The molecule has 3 fully saturated rings. The minimum atomic E-state index is -0.0528. The normalized spacial score (nSPS) is 22.3. The van der Waals surface area contributed by atoms with Crippen molar-refractivity contribution in [3.8, 4) is 0 Å². The average Bonchev–Trinajstić information content (AvgIpc) is 3.12. The molecule has 8 heteroatoms. The molecule has 1 aromatic carbocycles. The Hall–Kier alpha value is -1.34. The first-order valence-corrected chi connectivity index (χ1v) is 10.3. The van der Waals surface area contributed by atoms with Crippen molar-refractivity contribution in [3.63, 3.8) is 0 Å². The van der Waals surface area contributed by atoms with Crippen molar-refractivity contribution in [1.82, 2.24) is 15.5 Å². The predicted molar refractivity (Wildman–Crippen MR) is 120 cm³/mol. The van der Waals surface area contributed by atoms with Gasteiger partial charge in [-0.3, -0.25) is 9.59 Å². The van der Waals surface area contributed by atoms with E-state index in [0.717, 1.165) is 57.7 Å². The van der Waals surface area contributed by atoms with Crippen LogP contribution in [0.5, 0.6) is 0 Å². The summed E-state index contributed by atoms with van der Waals surface area (Å²) in [6, 6.07) is 7.22. The van der Waals surface area contributed by atoms with Gasteiger partial charge in [0, 0.05) is 30.3 Å². The quantitative estimate of drug-likeness (QED) is 0.632. The van der Waals surface area contributed by atoms with Crippen molar-refractivity contribution >= 4 is 42.3 Å². The lowest BCUT2D eigenvalue weighted by atomic mass is 9.92. The van der Waals surface area contributed by atoms with Crippen LogP contribution in [0.15, 0.2) is 24.3 Å². The Bertz CT molecular complexity index is 686. The molecule has 0 aromatic heterocycles. The lowest BCUT2D eigenvalue weighted by Gasteiger charge is -2.23.